The van der Waals surface area contributed by atoms with E-state index in [1.807, 2.05) is 48.0 Å². The van der Waals surface area contributed by atoms with E-state index in [9.17, 15) is 4.79 Å². The molecule has 3 rings (SSSR count). The number of rotatable bonds is 7. The molecule has 1 N–H and O–H groups in total. The van der Waals surface area contributed by atoms with Gasteiger partial charge in [-0.2, -0.15) is 0 Å². The standard InChI is InChI=1S/C19H19ClN4O2S/c1-24-18(15-5-3-4-6-16(15)26-2)22-23-19(24)27-12-17(25)21-11-13-7-9-14(20)10-8-13/h3-10H,11-12H2,1-2H3,(H,21,25). The van der Waals surface area contributed by atoms with Gasteiger partial charge in [0.1, 0.15) is 5.75 Å². The van der Waals surface area contributed by atoms with E-state index in [4.69, 9.17) is 16.3 Å². The summed E-state index contributed by atoms with van der Waals surface area (Å²) in [5.74, 6) is 1.60. The van der Waals surface area contributed by atoms with E-state index in [2.05, 4.69) is 15.5 Å². The molecule has 6 nitrogen and oxygen atoms in total. The maximum absolute atomic E-state index is 12.1. The minimum Gasteiger partial charge on any atom is -0.496 e. The molecule has 0 saturated carbocycles. The molecule has 0 radical (unpaired) electrons. The van der Waals surface area contributed by atoms with Gasteiger partial charge in [0.2, 0.25) is 5.91 Å². The van der Waals surface area contributed by atoms with Crippen molar-refractivity contribution >= 4 is 29.3 Å². The monoisotopic (exact) mass is 402 g/mol. The summed E-state index contributed by atoms with van der Waals surface area (Å²) >= 11 is 7.20. The predicted octanol–water partition coefficient (Wildman–Crippen LogP) is 3.55. The molecule has 0 atom stereocenters. The lowest BCUT2D eigenvalue weighted by Crippen LogP contribution is -2.24. The van der Waals surface area contributed by atoms with Crippen LogP contribution < -0.4 is 10.1 Å². The Morgan fingerprint density at radius 1 is 1.19 bits per heavy atom. The van der Waals surface area contributed by atoms with Crippen LogP contribution in [0.15, 0.2) is 53.7 Å². The Kier molecular flexibility index (Phi) is 6.36. The zero-order valence-corrected chi connectivity index (χ0v) is 16.5. The van der Waals surface area contributed by atoms with Crippen molar-refractivity contribution in [3.63, 3.8) is 0 Å². The molecule has 0 bridgehead atoms. The number of benzene rings is 2. The van der Waals surface area contributed by atoms with Crippen molar-refractivity contribution < 1.29 is 9.53 Å². The number of ether oxygens (including phenoxy) is 1. The second-order valence-corrected chi connectivity index (χ2v) is 7.14. The predicted molar refractivity (Wildman–Crippen MR) is 107 cm³/mol. The quantitative estimate of drug-likeness (QED) is 0.612. The fourth-order valence-corrected chi connectivity index (χ4v) is 3.36. The number of amides is 1. The molecule has 27 heavy (non-hydrogen) atoms. The molecule has 8 heteroatoms. The minimum atomic E-state index is -0.0724. The van der Waals surface area contributed by atoms with E-state index in [0.29, 0.717) is 22.5 Å². The molecule has 0 fully saturated rings. The van der Waals surface area contributed by atoms with Crippen LogP contribution in [0, 0.1) is 0 Å². The summed E-state index contributed by atoms with van der Waals surface area (Å²) < 4.78 is 7.24. The normalized spacial score (nSPS) is 10.6. The Labute approximate surface area is 166 Å². The van der Waals surface area contributed by atoms with Crippen molar-refractivity contribution in [2.75, 3.05) is 12.9 Å². The van der Waals surface area contributed by atoms with Gasteiger partial charge in [-0.1, -0.05) is 47.6 Å². The number of nitrogens with one attached hydrogen (secondary N) is 1. The van der Waals surface area contributed by atoms with Crippen LogP contribution in [0.2, 0.25) is 5.02 Å². The fourth-order valence-electron chi connectivity index (χ4n) is 2.49. The third-order valence-corrected chi connectivity index (χ3v) is 5.19. The van der Waals surface area contributed by atoms with E-state index in [1.54, 1.807) is 19.2 Å². The van der Waals surface area contributed by atoms with Gasteiger partial charge in [0.15, 0.2) is 11.0 Å². The third-order valence-electron chi connectivity index (χ3n) is 3.92. The van der Waals surface area contributed by atoms with Gasteiger partial charge >= 0.3 is 0 Å². The van der Waals surface area contributed by atoms with E-state index >= 15 is 0 Å². The molecule has 0 aliphatic carbocycles. The van der Waals surface area contributed by atoms with E-state index in [0.717, 1.165) is 16.9 Å². The summed E-state index contributed by atoms with van der Waals surface area (Å²) in [7, 11) is 3.49. The average molecular weight is 403 g/mol. The summed E-state index contributed by atoms with van der Waals surface area (Å²) in [5, 5.41) is 12.7. The Morgan fingerprint density at radius 2 is 1.93 bits per heavy atom. The first-order chi connectivity index (χ1) is 13.1. The smallest absolute Gasteiger partial charge is 0.230 e. The number of carbonyl (C=O) groups excluding carboxylic acids is 1. The van der Waals surface area contributed by atoms with Crippen LogP contribution in [0.5, 0.6) is 5.75 Å². The highest BCUT2D eigenvalue weighted by Crippen LogP contribution is 2.29. The number of thioether (sulfide) groups is 1. The second kappa shape index (κ2) is 8.92. The highest BCUT2D eigenvalue weighted by Gasteiger charge is 2.15. The van der Waals surface area contributed by atoms with Gasteiger partial charge in [-0.3, -0.25) is 4.79 Å². The van der Waals surface area contributed by atoms with Crippen LogP contribution in [-0.4, -0.2) is 33.5 Å². The Hall–Kier alpha value is -2.51. The van der Waals surface area contributed by atoms with Crippen LogP contribution in [-0.2, 0) is 18.4 Å². The molecule has 3 aromatic rings. The van der Waals surface area contributed by atoms with Crippen LogP contribution in [0.25, 0.3) is 11.4 Å². The van der Waals surface area contributed by atoms with Crippen LogP contribution in [0.3, 0.4) is 0 Å². The van der Waals surface area contributed by atoms with Gasteiger partial charge in [0.25, 0.3) is 0 Å². The highest BCUT2D eigenvalue weighted by atomic mass is 35.5. The van der Waals surface area contributed by atoms with Crippen molar-refractivity contribution in [2.45, 2.75) is 11.7 Å². The number of carbonyl (C=O) groups is 1. The zero-order valence-electron chi connectivity index (χ0n) is 15.0. The van der Waals surface area contributed by atoms with Crippen molar-refractivity contribution in [3.8, 4) is 17.1 Å². The average Bonchev–Trinajstić information content (AvgIpc) is 3.06. The summed E-state index contributed by atoms with van der Waals surface area (Å²) in [6.07, 6.45) is 0. The molecule has 0 spiro atoms. The maximum Gasteiger partial charge on any atom is 0.230 e. The van der Waals surface area contributed by atoms with Gasteiger partial charge in [0.05, 0.1) is 18.4 Å². The minimum absolute atomic E-state index is 0.0724. The molecular formula is C19H19ClN4O2S. The topological polar surface area (TPSA) is 69.0 Å². The number of hydrogen-bond acceptors (Lipinski definition) is 5. The summed E-state index contributed by atoms with van der Waals surface area (Å²) in [5.41, 5.74) is 1.85. The Morgan fingerprint density at radius 3 is 2.67 bits per heavy atom. The van der Waals surface area contributed by atoms with Crippen molar-refractivity contribution in [1.82, 2.24) is 20.1 Å². The molecule has 2 aromatic carbocycles. The van der Waals surface area contributed by atoms with Gasteiger partial charge < -0.3 is 14.6 Å². The van der Waals surface area contributed by atoms with Crippen molar-refractivity contribution in [1.29, 1.82) is 0 Å². The summed E-state index contributed by atoms with van der Waals surface area (Å²) in [4.78, 5) is 12.1. The molecule has 0 aliphatic heterocycles. The molecule has 0 aliphatic rings. The Balaban J connectivity index is 1.59. The number of aromatic nitrogens is 3. The molecule has 1 heterocycles. The second-order valence-electron chi connectivity index (χ2n) is 5.76. The SMILES string of the molecule is COc1ccccc1-c1nnc(SCC(=O)NCc2ccc(Cl)cc2)n1C. The fraction of sp³-hybridized carbons (Fsp3) is 0.211. The number of para-hydroxylation sites is 1. The first kappa shape index (κ1) is 19.3. The molecule has 1 aromatic heterocycles. The van der Waals surface area contributed by atoms with Gasteiger partial charge in [0, 0.05) is 18.6 Å². The van der Waals surface area contributed by atoms with Crippen LogP contribution in [0.4, 0.5) is 0 Å². The Bertz CT molecular complexity index is 928. The van der Waals surface area contributed by atoms with E-state index in [-0.39, 0.29) is 11.7 Å². The number of halogens is 1. The number of hydrogen-bond donors (Lipinski definition) is 1. The summed E-state index contributed by atoms with van der Waals surface area (Å²) in [6.45, 7) is 0.460. The molecule has 0 unspecified atom stereocenters. The van der Waals surface area contributed by atoms with E-state index in [1.165, 1.54) is 11.8 Å². The first-order valence-corrected chi connectivity index (χ1v) is 9.61. The highest BCUT2D eigenvalue weighted by molar-refractivity contribution is 7.99. The first-order valence-electron chi connectivity index (χ1n) is 8.25. The van der Waals surface area contributed by atoms with Gasteiger partial charge in [-0.15, -0.1) is 10.2 Å². The lowest BCUT2D eigenvalue weighted by molar-refractivity contribution is -0.118. The third kappa shape index (κ3) is 4.81. The maximum atomic E-state index is 12.1. The molecule has 0 saturated heterocycles. The van der Waals surface area contributed by atoms with Crippen LogP contribution in [0.1, 0.15) is 5.56 Å². The van der Waals surface area contributed by atoms with Crippen LogP contribution >= 0.6 is 23.4 Å². The van der Waals surface area contributed by atoms with Crippen molar-refractivity contribution in [3.05, 3.63) is 59.1 Å². The summed E-state index contributed by atoms with van der Waals surface area (Å²) in [6, 6.07) is 15.0. The lowest BCUT2D eigenvalue weighted by Gasteiger charge is -2.08. The lowest BCUT2D eigenvalue weighted by atomic mass is 10.2. The molecule has 140 valence electrons. The van der Waals surface area contributed by atoms with E-state index < -0.39 is 0 Å². The largest absolute Gasteiger partial charge is 0.496 e. The van der Waals surface area contributed by atoms with Crippen molar-refractivity contribution in [2.24, 2.45) is 7.05 Å². The number of methoxy groups -OCH3 is 1. The van der Waals surface area contributed by atoms with Gasteiger partial charge in [-0.25, -0.2) is 0 Å². The van der Waals surface area contributed by atoms with Gasteiger partial charge in [-0.05, 0) is 29.8 Å². The number of nitrogens with zero attached hydrogens (tertiary/aromatic N) is 3. The zero-order chi connectivity index (χ0) is 19.2. The molecule has 1 amide bonds. The molecular weight excluding hydrogens is 384 g/mol.